The topological polar surface area (TPSA) is 137 Å². The number of carboxylic acid groups (broad SMARTS) is 1. The van der Waals surface area contributed by atoms with E-state index in [1.807, 2.05) is 12.1 Å². The standard InChI is InChI=1S/C27H25N3O6S/c1-15-26(16(2)31)19(8-10-25(32)33)23(28-15)14-21-20-13-18(7-9-22(20)29-27(21)34)37(35,36)30-12-11-17-5-3-4-6-24(17)30/h3-7,9,13-14,28H,8,10-12H2,1-2H3,(H,29,34)(H,32,33). The number of rotatable bonds is 7. The smallest absolute Gasteiger partial charge is 0.303 e. The van der Waals surface area contributed by atoms with Crippen LogP contribution in [0.15, 0.2) is 47.4 Å². The fourth-order valence-electron chi connectivity index (χ4n) is 5.09. The number of benzene rings is 2. The highest BCUT2D eigenvalue weighted by Crippen LogP contribution is 2.38. The lowest BCUT2D eigenvalue weighted by Crippen LogP contribution is -2.29. The lowest BCUT2D eigenvalue weighted by atomic mass is 9.98. The fraction of sp³-hybridized carbons (Fsp3) is 0.222. The first-order valence-corrected chi connectivity index (χ1v) is 13.2. The molecule has 0 bridgehead atoms. The minimum Gasteiger partial charge on any atom is -0.481 e. The summed E-state index contributed by atoms with van der Waals surface area (Å²) in [4.78, 5) is 39.6. The molecule has 3 heterocycles. The number of aryl methyl sites for hydroxylation is 1. The number of nitrogens with zero attached hydrogens (tertiary/aromatic N) is 1. The third kappa shape index (κ3) is 4.23. The van der Waals surface area contributed by atoms with Crippen LogP contribution in [0.4, 0.5) is 11.4 Å². The predicted octanol–water partition coefficient (Wildman–Crippen LogP) is 3.79. The summed E-state index contributed by atoms with van der Waals surface area (Å²) >= 11 is 0. The third-order valence-electron chi connectivity index (χ3n) is 6.76. The number of fused-ring (bicyclic) bond motifs is 2. The Bertz CT molecular complexity index is 1620. The normalized spacial score (nSPS) is 15.6. The van der Waals surface area contributed by atoms with Gasteiger partial charge in [-0.2, -0.15) is 0 Å². The molecule has 3 aromatic rings. The van der Waals surface area contributed by atoms with E-state index >= 15 is 0 Å². The highest BCUT2D eigenvalue weighted by atomic mass is 32.2. The molecule has 5 rings (SSSR count). The van der Waals surface area contributed by atoms with Crippen LogP contribution in [0.2, 0.25) is 0 Å². The Hall–Kier alpha value is -4.18. The van der Waals surface area contributed by atoms with Gasteiger partial charge in [0.25, 0.3) is 15.9 Å². The zero-order valence-corrected chi connectivity index (χ0v) is 21.1. The number of ketones is 1. The number of aromatic amines is 1. The number of amides is 1. The summed E-state index contributed by atoms with van der Waals surface area (Å²) in [5, 5.41) is 11.9. The Morgan fingerprint density at radius 2 is 1.92 bits per heavy atom. The number of hydrogen-bond donors (Lipinski definition) is 3. The SMILES string of the molecule is CC(=O)c1c(C)[nH]c(C=C2C(=O)Nc3ccc(S(=O)(=O)N4CCc5ccccc54)cc32)c1CCC(=O)O. The number of anilines is 2. The summed E-state index contributed by atoms with van der Waals surface area (Å²) in [5.74, 6) is -1.64. The summed E-state index contributed by atoms with van der Waals surface area (Å²) in [7, 11) is -3.88. The first-order valence-electron chi connectivity index (χ1n) is 11.8. The van der Waals surface area contributed by atoms with Crippen molar-refractivity contribution in [2.24, 2.45) is 0 Å². The van der Waals surface area contributed by atoms with E-state index in [9.17, 15) is 27.9 Å². The number of carbonyl (C=O) groups excluding carboxylic acids is 2. The Morgan fingerprint density at radius 1 is 1.16 bits per heavy atom. The van der Waals surface area contributed by atoms with Gasteiger partial charge < -0.3 is 15.4 Å². The van der Waals surface area contributed by atoms with E-state index in [0.29, 0.717) is 52.4 Å². The summed E-state index contributed by atoms with van der Waals surface area (Å²) < 4.78 is 28.5. The van der Waals surface area contributed by atoms with Gasteiger partial charge in [0.1, 0.15) is 0 Å². The van der Waals surface area contributed by atoms with Gasteiger partial charge in [0.05, 0.1) is 16.2 Å². The monoisotopic (exact) mass is 519 g/mol. The van der Waals surface area contributed by atoms with Crippen LogP contribution < -0.4 is 9.62 Å². The maximum absolute atomic E-state index is 13.6. The molecular weight excluding hydrogens is 494 g/mol. The number of aromatic nitrogens is 1. The highest BCUT2D eigenvalue weighted by molar-refractivity contribution is 7.92. The average molecular weight is 520 g/mol. The Balaban J connectivity index is 1.58. The van der Waals surface area contributed by atoms with Crippen molar-refractivity contribution in [3.05, 3.63) is 76.1 Å². The molecule has 2 aromatic carbocycles. The second kappa shape index (κ2) is 9.04. The molecular formula is C27H25N3O6S. The average Bonchev–Trinajstić information content (AvgIpc) is 3.51. The number of sulfonamides is 1. The molecule has 2 aliphatic heterocycles. The van der Waals surface area contributed by atoms with E-state index in [2.05, 4.69) is 10.3 Å². The Kier molecular flexibility index (Phi) is 5.99. The zero-order chi connectivity index (χ0) is 26.5. The van der Waals surface area contributed by atoms with E-state index < -0.39 is 21.9 Å². The first kappa shape index (κ1) is 24.5. The molecule has 10 heteroatoms. The molecule has 0 spiro atoms. The van der Waals surface area contributed by atoms with Gasteiger partial charge in [-0.3, -0.25) is 18.7 Å². The molecule has 0 saturated heterocycles. The van der Waals surface area contributed by atoms with Crippen molar-refractivity contribution < 1.29 is 27.9 Å². The van der Waals surface area contributed by atoms with E-state index in [1.54, 1.807) is 31.2 Å². The molecule has 3 N–H and O–H groups in total. The summed E-state index contributed by atoms with van der Waals surface area (Å²) in [6.07, 6.45) is 2.09. The van der Waals surface area contributed by atoms with Crippen LogP contribution in [-0.4, -0.2) is 42.7 Å². The maximum atomic E-state index is 13.6. The van der Waals surface area contributed by atoms with E-state index in [1.165, 1.54) is 23.4 Å². The summed E-state index contributed by atoms with van der Waals surface area (Å²) in [6.45, 7) is 3.45. The number of carboxylic acids is 1. The van der Waals surface area contributed by atoms with Crippen LogP contribution in [0.3, 0.4) is 0 Å². The molecule has 0 radical (unpaired) electrons. The number of H-pyrrole nitrogens is 1. The van der Waals surface area contributed by atoms with Gasteiger partial charge in [0.2, 0.25) is 0 Å². The van der Waals surface area contributed by atoms with Crippen LogP contribution in [0.5, 0.6) is 0 Å². The van der Waals surface area contributed by atoms with Crippen LogP contribution in [0, 0.1) is 6.92 Å². The van der Waals surface area contributed by atoms with Crippen molar-refractivity contribution in [3.63, 3.8) is 0 Å². The molecule has 1 amide bonds. The molecule has 0 saturated carbocycles. The number of carbonyl (C=O) groups is 3. The molecule has 1 aromatic heterocycles. The lowest BCUT2D eigenvalue weighted by Gasteiger charge is -2.20. The fourth-order valence-corrected chi connectivity index (χ4v) is 6.62. The number of aliphatic carboxylic acids is 1. The lowest BCUT2D eigenvalue weighted by molar-refractivity contribution is -0.137. The quantitative estimate of drug-likeness (QED) is 0.321. The number of nitrogens with one attached hydrogen (secondary N) is 2. The van der Waals surface area contributed by atoms with Crippen LogP contribution in [0.25, 0.3) is 11.6 Å². The van der Waals surface area contributed by atoms with E-state index in [-0.39, 0.29) is 29.1 Å². The van der Waals surface area contributed by atoms with Crippen molar-refractivity contribution in [1.29, 1.82) is 0 Å². The minimum atomic E-state index is -3.88. The molecule has 2 aliphatic rings. The van der Waals surface area contributed by atoms with Crippen molar-refractivity contribution >= 4 is 50.7 Å². The van der Waals surface area contributed by atoms with Crippen molar-refractivity contribution in [1.82, 2.24) is 4.98 Å². The Labute approximate surface area is 213 Å². The number of Topliss-reactive ketones (excluding diaryl/α,β-unsaturated/α-hetero) is 1. The molecule has 190 valence electrons. The van der Waals surface area contributed by atoms with Crippen molar-refractivity contribution in [2.75, 3.05) is 16.2 Å². The zero-order valence-electron chi connectivity index (χ0n) is 20.3. The third-order valence-corrected chi connectivity index (χ3v) is 8.57. The van der Waals surface area contributed by atoms with Gasteiger partial charge in [-0.15, -0.1) is 0 Å². The number of para-hydroxylation sites is 1. The van der Waals surface area contributed by atoms with Gasteiger partial charge in [-0.1, -0.05) is 18.2 Å². The highest BCUT2D eigenvalue weighted by Gasteiger charge is 2.33. The van der Waals surface area contributed by atoms with Crippen LogP contribution >= 0.6 is 0 Å². The van der Waals surface area contributed by atoms with Crippen molar-refractivity contribution in [3.8, 4) is 0 Å². The molecule has 0 atom stereocenters. The van der Waals surface area contributed by atoms with Crippen molar-refractivity contribution in [2.45, 2.75) is 38.0 Å². The van der Waals surface area contributed by atoms with Gasteiger partial charge in [-0.05, 0) is 68.2 Å². The van der Waals surface area contributed by atoms with Crippen LogP contribution in [0.1, 0.15) is 51.8 Å². The van der Waals surface area contributed by atoms with E-state index in [4.69, 9.17) is 0 Å². The van der Waals surface area contributed by atoms with Gasteiger partial charge >= 0.3 is 5.97 Å². The van der Waals surface area contributed by atoms with Gasteiger partial charge in [-0.25, -0.2) is 8.42 Å². The Morgan fingerprint density at radius 3 is 2.65 bits per heavy atom. The summed E-state index contributed by atoms with van der Waals surface area (Å²) in [6, 6.07) is 11.9. The molecule has 0 aliphatic carbocycles. The second-order valence-electron chi connectivity index (χ2n) is 9.14. The molecule has 37 heavy (non-hydrogen) atoms. The number of hydrogen-bond acceptors (Lipinski definition) is 5. The second-order valence-corrected chi connectivity index (χ2v) is 11.0. The molecule has 0 unspecified atom stereocenters. The maximum Gasteiger partial charge on any atom is 0.303 e. The predicted molar refractivity (Wildman–Crippen MR) is 139 cm³/mol. The molecule has 0 fully saturated rings. The minimum absolute atomic E-state index is 0.0588. The largest absolute Gasteiger partial charge is 0.481 e. The molecule has 9 nitrogen and oxygen atoms in total. The summed E-state index contributed by atoms with van der Waals surface area (Å²) in [5.41, 5.74) is 4.65. The first-order chi connectivity index (χ1) is 17.6. The van der Waals surface area contributed by atoms with E-state index in [0.717, 1.165) is 5.56 Å². The van der Waals surface area contributed by atoms with Gasteiger partial charge in [0.15, 0.2) is 5.78 Å². The van der Waals surface area contributed by atoms with Crippen LogP contribution in [-0.2, 0) is 32.5 Å². The van der Waals surface area contributed by atoms with Gasteiger partial charge in [0, 0.05) is 41.2 Å².